The summed E-state index contributed by atoms with van der Waals surface area (Å²) in [6.07, 6.45) is 1.84. The summed E-state index contributed by atoms with van der Waals surface area (Å²) in [5.41, 5.74) is 1.21. The first-order valence-corrected chi connectivity index (χ1v) is 7.33. The van der Waals surface area contributed by atoms with E-state index in [1.807, 2.05) is 18.3 Å². The van der Waals surface area contributed by atoms with Crippen molar-refractivity contribution in [3.05, 3.63) is 52.8 Å². The minimum absolute atomic E-state index is 0.217. The summed E-state index contributed by atoms with van der Waals surface area (Å²) in [4.78, 5) is 4.41. The van der Waals surface area contributed by atoms with Gasteiger partial charge in [-0.3, -0.25) is 0 Å². The number of pyridine rings is 1. The van der Waals surface area contributed by atoms with Gasteiger partial charge in [0.2, 0.25) is 0 Å². The van der Waals surface area contributed by atoms with Crippen LogP contribution >= 0.6 is 12.2 Å². The van der Waals surface area contributed by atoms with Crippen molar-refractivity contribution in [2.24, 2.45) is 0 Å². The Hall–Kier alpha value is -1.22. The molecule has 0 spiro atoms. The van der Waals surface area contributed by atoms with Crippen LogP contribution in [-0.2, 0) is 0 Å². The molecule has 0 aliphatic rings. The molecule has 2 nitrogen and oxygen atoms in total. The molecule has 0 saturated heterocycles. The second-order valence-electron chi connectivity index (χ2n) is 3.88. The van der Waals surface area contributed by atoms with E-state index in [2.05, 4.69) is 39.7 Å². The van der Waals surface area contributed by atoms with Gasteiger partial charge in [-0.1, -0.05) is 0 Å². The SMILES string of the molecule is Cc1ccnc(-n2[se]c3ccccc3c2=S)c1. The topological polar surface area (TPSA) is 17.8 Å². The molecule has 0 N–H and O–H groups in total. The summed E-state index contributed by atoms with van der Waals surface area (Å²) >= 11 is 5.74. The average molecular weight is 305 g/mol. The summed E-state index contributed by atoms with van der Waals surface area (Å²) in [5.74, 6) is 0.964. The normalized spacial score (nSPS) is 10.9. The molecule has 0 saturated carbocycles. The van der Waals surface area contributed by atoms with Gasteiger partial charge >= 0.3 is 111 Å². The molecule has 4 heteroatoms. The van der Waals surface area contributed by atoms with Gasteiger partial charge in [0.25, 0.3) is 0 Å². The fourth-order valence-corrected chi connectivity index (χ4v) is 4.41. The Bertz CT molecular complexity index is 742. The van der Waals surface area contributed by atoms with Crippen LogP contribution in [-0.4, -0.2) is 23.3 Å². The first-order valence-electron chi connectivity index (χ1n) is 5.30. The number of hydrogen-bond acceptors (Lipinski definition) is 2. The van der Waals surface area contributed by atoms with Gasteiger partial charge in [-0.25, -0.2) is 0 Å². The van der Waals surface area contributed by atoms with Crippen molar-refractivity contribution in [3.8, 4) is 5.82 Å². The van der Waals surface area contributed by atoms with Crippen molar-refractivity contribution in [2.45, 2.75) is 6.92 Å². The Labute approximate surface area is 111 Å². The van der Waals surface area contributed by atoms with Gasteiger partial charge in [-0.2, -0.15) is 0 Å². The molecule has 0 aliphatic carbocycles. The zero-order valence-electron chi connectivity index (χ0n) is 9.25. The molecule has 0 amide bonds. The maximum absolute atomic E-state index is 5.52. The Morgan fingerprint density at radius 3 is 2.82 bits per heavy atom. The van der Waals surface area contributed by atoms with Gasteiger partial charge in [-0.05, 0) is 0 Å². The van der Waals surface area contributed by atoms with Gasteiger partial charge in [0.1, 0.15) is 0 Å². The summed E-state index contributed by atoms with van der Waals surface area (Å²) in [6.45, 7) is 2.07. The summed E-state index contributed by atoms with van der Waals surface area (Å²) < 4.78 is 4.40. The third-order valence-electron chi connectivity index (χ3n) is 2.60. The van der Waals surface area contributed by atoms with E-state index >= 15 is 0 Å². The molecule has 0 bridgehead atoms. The van der Waals surface area contributed by atoms with E-state index in [0.717, 1.165) is 10.5 Å². The fraction of sp³-hybridized carbons (Fsp3) is 0.0769. The third kappa shape index (κ3) is 1.89. The summed E-state index contributed by atoms with van der Waals surface area (Å²) in [6, 6.07) is 12.4. The third-order valence-corrected chi connectivity index (χ3v) is 5.58. The van der Waals surface area contributed by atoms with Crippen LogP contribution in [0.1, 0.15) is 5.56 Å². The monoisotopic (exact) mass is 306 g/mol. The molecule has 3 aromatic rings. The standard InChI is InChI=1S/C13H10N2SSe/c1-9-6-7-14-12(8-9)15-13(16)10-4-2-3-5-11(10)17-15/h2-8H,1H3. The zero-order valence-corrected chi connectivity index (χ0v) is 11.8. The molecule has 0 radical (unpaired) electrons. The number of rotatable bonds is 1. The van der Waals surface area contributed by atoms with Gasteiger partial charge in [0, 0.05) is 0 Å². The first kappa shape index (κ1) is 10.9. The first-order chi connectivity index (χ1) is 8.25. The molecule has 84 valence electrons. The van der Waals surface area contributed by atoms with E-state index in [0.29, 0.717) is 0 Å². The molecule has 2 heterocycles. The number of fused-ring (bicyclic) bond motifs is 1. The Morgan fingerprint density at radius 1 is 1.24 bits per heavy atom. The Balaban J connectivity index is 2.31. The van der Waals surface area contributed by atoms with E-state index in [1.165, 1.54) is 15.2 Å². The number of nitrogens with zero attached hydrogens (tertiary/aromatic N) is 2. The predicted molar refractivity (Wildman–Crippen MR) is 73.6 cm³/mol. The van der Waals surface area contributed by atoms with Gasteiger partial charge in [0.15, 0.2) is 0 Å². The Morgan fingerprint density at radius 2 is 2.06 bits per heavy atom. The van der Waals surface area contributed by atoms with Crippen LogP contribution in [0.2, 0.25) is 0 Å². The second kappa shape index (κ2) is 4.22. The summed E-state index contributed by atoms with van der Waals surface area (Å²) in [7, 11) is 0. The number of aromatic nitrogens is 2. The van der Waals surface area contributed by atoms with Crippen LogP contribution in [0.3, 0.4) is 0 Å². The fourth-order valence-electron chi connectivity index (χ4n) is 1.75. The molecule has 0 unspecified atom stereocenters. The van der Waals surface area contributed by atoms with Crippen molar-refractivity contribution in [3.63, 3.8) is 0 Å². The maximum atomic E-state index is 5.52. The van der Waals surface area contributed by atoms with Crippen molar-refractivity contribution >= 4 is 36.6 Å². The summed E-state index contributed by atoms with van der Waals surface area (Å²) in [5, 5.41) is 1.19. The number of benzene rings is 1. The van der Waals surface area contributed by atoms with Crippen LogP contribution in [0, 0.1) is 11.6 Å². The van der Waals surface area contributed by atoms with Gasteiger partial charge < -0.3 is 0 Å². The van der Waals surface area contributed by atoms with E-state index in [-0.39, 0.29) is 14.7 Å². The van der Waals surface area contributed by atoms with Crippen LogP contribution < -0.4 is 0 Å². The molecule has 0 aliphatic heterocycles. The van der Waals surface area contributed by atoms with E-state index in [9.17, 15) is 0 Å². The van der Waals surface area contributed by atoms with Gasteiger partial charge in [0.05, 0.1) is 0 Å². The van der Waals surface area contributed by atoms with Crippen LogP contribution in [0.25, 0.3) is 15.5 Å². The molecule has 0 atom stereocenters. The van der Waals surface area contributed by atoms with Crippen molar-refractivity contribution in [1.82, 2.24) is 8.55 Å². The van der Waals surface area contributed by atoms with E-state index in [4.69, 9.17) is 12.2 Å². The quantitative estimate of drug-likeness (QED) is 0.508. The molecule has 1 aromatic carbocycles. The van der Waals surface area contributed by atoms with E-state index in [1.54, 1.807) is 0 Å². The molecular formula is C13H10N2SSe. The minimum atomic E-state index is 0.217. The molecule has 3 rings (SSSR count). The number of aryl methyl sites for hydroxylation is 1. The van der Waals surface area contributed by atoms with Crippen molar-refractivity contribution in [1.29, 1.82) is 0 Å². The number of hydrogen-bond donors (Lipinski definition) is 0. The van der Waals surface area contributed by atoms with E-state index < -0.39 is 0 Å². The predicted octanol–water partition coefficient (Wildman–Crippen LogP) is 3.12. The van der Waals surface area contributed by atoms with Crippen LogP contribution in [0.5, 0.6) is 0 Å². The van der Waals surface area contributed by atoms with Crippen LogP contribution in [0.15, 0.2) is 42.6 Å². The van der Waals surface area contributed by atoms with Gasteiger partial charge in [-0.15, -0.1) is 0 Å². The Kier molecular flexibility index (Phi) is 2.71. The molecule has 2 aromatic heterocycles. The second-order valence-corrected chi connectivity index (χ2v) is 6.34. The van der Waals surface area contributed by atoms with Crippen molar-refractivity contribution in [2.75, 3.05) is 0 Å². The molecular weight excluding hydrogens is 295 g/mol. The zero-order chi connectivity index (χ0) is 11.8. The molecule has 17 heavy (non-hydrogen) atoms. The van der Waals surface area contributed by atoms with Crippen LogP contribution in [0.4, 0.5) is 0 Å². The average Bonchev–Trinajstić information content (AvgIpc) is 2.68. The van der Waals surface area contributed by atoms with Crippen molar-refractivity contribution < 1.29 is 0 Å². The molecule has 0 fully saturated rings.